The van der Waals surface area contributed by atoms with Crippen LogP contribution in [-0.2, 0) is 18.2 Å². The molecule has 0 atom stereocenters. The van der Waals surface area contributed by atoms with Gasteiger partial charge < -0.3 is 4.74 Å². The Morgan fingerprint density at radius 2 is 1.84 bits per heavy atom. The minimum Gasteiger partial charge on any atom is -0.381 e. The van der Waals surface area contributed by atoms with E-state index in [-0.39, 0.29) is 11.6 Å². The van der Waals surface area contributed by atoms with Gasteiger partial charge in [-0.3, -0.25) is 14.3 Å². The van der Waals surface area contributed by atoms with Gasteiger partial charge in [0, 0.05) is 37.9 Å². The van der Waals surface area contributed by atoms with Gasteiger partial charge in [0.2, 0.25) is 0 Å². The lowest BCUT2D eigenvalue weighted by Gasteiger charge is -2.22. The van der Waals surface area contributed by atoms with Gasteiger partial charge in [0.25, 0.3) is 5.56 Å². The maximum atomic E-state index is 12.9. The molecule has 1 aliphatic rings. The number of benzene rings is 1. The number of pyridine rings is 1. The van der Waals surface area contributed by atoms with Crippen molar-refractivity contribution >= 4 is 11.0 Å². The van der Waals surface area contributed by atoms with Crippen LogP contribution in [0.3, 0.4) is 0 Å². The zero-order valence-corrected chi connectivity index (χ0v) is 17.8. The summed E-state index contributed by atoms with van der Waals surface area (Å²) in [5, 5.41) is 5.07. The van der Waals surface area contributed by atoms with Crippen molar-refractivity contribution in [1.29, 1.82) is 0 Å². The molecule has 158 valence electrons. The van der Waals surface area contributed by atoms with E-state index in [9.17, 15) is 4.79 Å². The van der Waals surface area contributed by atoms with Crippen molar-refractivity contribution in [1.82, 2.24) is 24.3 Å². The van der Waals surface area contributed by atoms with Gasteiger partial charge >= 0.3 is 0 Å². The van der Waals surface area contributed by atoms with E-state index in [0.29, 0.717) is 30.7 Å². The maximum Gasteiger partial charge on any atom is 0.264 e. The van der Waals surface area contributed by atoms with E-state index in [1.165, 1.54) is 0 Å². The Kier molecular flexibility index (Phi) is 5.11. The maximum absolute atomic E-state index is 12.9. The van der Waals surface area contributed by atoms with Gasteiger partial charge in [-0.15, -0.1) is 0 Å². The highest BCUT2D eigenvalue weighted by molar-refractivity contribution is 5.73. The molecule has 1 aromatic carbocycles. The molecular formula is C24H25N5O2. The summed E-state index contributed by atoms with van der Waals surface area (Å²) in [6.07, 6.45) is 3.99. The van der Waals surface area contributed by atoms with E-state index in [1.54, 1.807) is 17.8 Å². The Balaban J connectivity index is 1.47. The van der Waals surface area contributed by atoms with Crippen molar-refractivity contribution in [2.75, 3.05) is 13.2 Å². The lowest BCUT2D eigenvalue weighted by atomic mass is 10.1. The lowest BCUT2D eigenvalue weighted by Crippen LogP contribution is -2.24. The molecule has 7 nitrogen and oxygen atoms in total. The molecule has 0 aliphatic carbocycles. The summed E-state index contributed by atoms with van der Waals surface area (Å²) in [5.41, 5.74) is 4.73. The normalized spacial score (nSPS) is 14.9. The van der Waals surface area contributed by atoms with Crippen LogP contribution in [0.2, 0.25) is 0 Å². The molecule has 31 heavy (non-hydrogen) atoms. The van der Waals surface area contributed by atoms with Crippen LogP contribution in [-0.4, -0.2) is 37.5 Å². The summed E-state index contributed by atoms with van der Waals surface area (Å²) in [7, 11) is 1.78. The van der Waals surface area contributed by atoms with Crippen LogP contribution in [0.1, 0.15) is 36.0 Å². The van der Waals surface area contributed by atoms with Gasteiger partial charge in [-0.25, -0.2) is 9.67 Å². The highest BCUT2D eigenvalue weighted by Crippen LogP contribution is 2.24. The highest BCUT2D eigenvalue weighted by atomic mass is 16.5. The minimum absolute atomic E-state index is 0.0566. The predicted molar refractivity (Wildman–Crippen MR) is 119 cm³/mol. The van der Waals surface area contributed by atoms with Crippen LogP contribution < -0.4 is 5.56 Å². The number of rotatable bonds is 4. The average Bonchev–Trinajstić information content (AvgIpc) is 3.22. The molecule has 1 fully saturated rings. The number of aryl methyl sites for hydroxylation is 1. The van der Waals surface area contributed by atoms with Crippen molar-refractivity contribution in [3.05, 3.63) is 76.1 Å². The van der Waals surface area contributed by atoms with Crippen LogP contribution in [0.25, 0.3) is 22.3 Å². The summed E-state index contributed by atoms with van der Waals surface area (Å²) in [6, 6.07) is 14.5. The van der Waals surface area contributed by atoms with E-state index in [2.05, 4.69) is 34.3 Å². The van der Waals surface area contributed by atoms with E-state index in [0.717, 1.165) is 41.2 Å². The molecular weight excluding hydrogens is 390 g/mol. The molecule has 5 rings (SSSR count). The molecule has 3 aromatic heterocycles. The van der Waals surface area contributed by atoms with Crippen molar-refractivity contribution in [2.45, 2.75) is 32.2 Å². The molecule has 0 saturated carbocycles. The number of fused-ring (bicyclic) bond motifs is 1. The van der Waals surface area contributed by atoms with E-state index in [4.69, 9.17) is 9.72 Å². The quantitative estimate of drug-likeness (QED) is 0.510. The molecule has 0 bridgehead atoms. The van der Waals surface area contributed by atoms with E-state index >= 15 is 0 Å². The molecule has 0 radical (unpaired) electrons. The fourth-order valence-corrected chi connectivity index (χ4v) is 4.15. The van der Waals surface area contributed by atoms with E-state index < -0.39 is 0 Å². The standard InChI is InChI=1S/C24H25N5O2/c1-16-4-3-5-21(26-16)18-8-6-17(7-9-18)14-22-27-23-20(24(30)28(22)2)15-25-29(23)19-10-12-31-13-11-19/h3-9,15,19H,10-14H2,1-2H3. The second-order valence-corrected chi connectivity index (χ2v) is 8.10. The fraction of sp³-hybridized carbons (Fsp3) is 0.333. The van der Waals surface area contributed by atoms with Gasteiger partial charge in [-0.05, 0) is 37.5 Å². The predicted octanol–water partition coefficient (Wildman–Crippen LogP) is 3.44. The first-order valence-corrected chi connectivity index (χ1v) is 10.6. The van der Waals surface area contributed by atoms with Crippen LogP contribution in [0.15, 0.2) is 53.5 Å². The van der Waals surface area contributed by atoms with Gasteiger partial charge in [-0.2, -0.15) is 5.10 Å². The first-order valence-electron chi connectivity index (χ1n) is 10.6. The Bertz CT molecular complexity index is 1280. The van der Waals surface area contributed by atoms with Gasteiger partial charge in [-0.1, -0.05) is 30.3 Å². The van der Waals surface area contributed by atoms with Gasteiger partial charge in [0.15, 0.2) is 5.65 Å². The number of ether oxygens (including phenoxy) is 1. The molecule has 4 aromatic rings. The highest BCUT2D eigenvalue weighted by Gasteiger charge is 2.21. The third-order valence-corrected chi connectivity index (χ3v) is 5.96. The molecule has 4 heterocycles. The number of nitrogens with zero attached hydrogens (tertiary/aromatic N) is 5. The van der Waals surface area contributed by atoms with Crippen molar-refractivity contribution in [2.24, 2.45) is 7.05 Å². The third kappa shape index (κ3) is 3.77. The average molecular weight is 415 g/mol. The molecule has 7 heteroatoms. The molecule has 0 N–H and O–H groups in total. The topological polar surface area (TPSA) is 74.8 Å². The number of hydrogen-bond acceptors (Lipinski definition) is 5. The SMILES string of the molecule is Cc1cccc(-c2ccc(Cc3nc4c(cnn4C4CCOCC4)c(=O)n3C)cc2)n1. The first-order chi connectivity index (χ1) is 15.1. The zero-order valence-electron chi connectivity index (χ0n) is 17.8. The van der Waals surface area contributed by atoms with Gasteiger partial charge in [0.1, 0.15) is 11.2 Å². The number of hydrogen-bond donors (Lipinski definition) is 0. The molecule has 1 saturated heterocycles. The van der Waals surface area contributed by atoms with Gasteiger partial charge in [0.05, 0.1) is 17.9 Å². The van der Waals surface area contributed by atoms with Crippen molar-refractivity contribution in [3.8, 4) is 11.3 Å². The summed E-state index contributed by atoms with van der Waals surface area (Å²) in [4.78, 5) is 22.4. The van der Waals surface area contributed by atoms with Crippen LogP contribution in [0, 0.1) is 6.92 Å². The Labute approximate surface area is 180 Å². The Morgan fingerprint density at radius 1 is 1.06 bits per heavy atom. The van der Waals surface area contributed by atoms with Crippen LogP contribution in [0.4, 0.5) is 0 Å². The summed E-state index contributed by atoms with van der Waals surface area (Å²) < 4.78 is 9.02. The third-order valence-electron chi connectivity index (χ3n) is 5.96. The zero-order chi connectivity index (χ0) is 21.4. The second kappa shape index (κ2) is 8.07. The van der Waals surface area contributed by atoms with Crippen LogP contribution >= 0.6 is 0 Å². The molecule has 1 aliphatic heterocycles. The summed E-state index contributed by atoms with van der Waals surface area (Å²) >= 11 is 0. The fourth-order valence-electron chi connectivity index (χ4n) is 4.15. The van der Waals surface area contributed by atoms with Crippen LogP contribution in [0.5, 0.6) is 0 Å². The Morgan fingerprint density at radius 3 is 2.58 bits per heavy atom. The molecule has 0 spiro atoms. The summed E-state index contributed by atoms with van der Waals surface area (Å²) in [5.74, 6) is 0.729. The monoisotopic (exact) mass is 415 g/mol. The first kappa shape index (κ1) is 19.6. The minimum atomic E-state index is -0.0566. The van der Waals surface area contributed by atoms with Crippen molar-refractivity contribution in [3.63, 3.8) is 0 Å². The largest absolute Gasteiger partial charge is 0.381 e. The number of aromatic nitrogens is 5. The lowest BCUT2D eigenvalue weighted by molar-refractivity contribution is 0.0673. The summed E-state index contributed by atoms with van der Waals surface area (Å²) in [6.45, 7) is 3.42. The van der Waals surface area contributed by atoms with E-state index in [1.807, 2.05) is 29.8 Å². The second-order valence-electron chi connectivity index (χ2n) is 8.10. The van der Waals surface area contributed by atoms with Crippen molar-refractivity contribution < 1.29 is 4.74 Å². The Hall–Kier alpha value is -3.32. The molecule has 0 amide bonds. The molecule has 0 unspecified atom stereocenters. The smallest absolute Gasteiger partial charge is 0.264 e.